The van der Waals surface area contributed by atoms with Crippen LogP contribution in [0.5, 0.6) is 0 Å². The van der Waals surface area contributed by atoms with Gasteiger partial charge in [-0.1, -0.05) is 61.5 Å². The Balaban J connectivity index is 1.47. The summed E-state index contributed by atoms with van der Waals surface area (Å²) in [6.07, 6.45) is 3.72. The van der Waals surface area contributed by atoms with Crippen LogP contribution in [0.15, 0.2) is 53.1 Å². The second-order valence-electron chi connectivity index (χ2n) is 8.70. The first kappa shape index (κ1) is 19.8. The zero-order chi connectivity index (χ0) is 20.2. The van der Waals surface area contributed by atoms with Crippen LogP contribution in [0.2, 0.25) is 0 Å². The topological polar surface area (TPSA) is 42.2 Å². The molecule has 1 aliphatic rings. The van der Waals surface area contributed by atoms with E-state index in [1.165, 1.54) is 42.6 Å². The molecule has 1 unspecified atom stereocenters. The Hall–Kier alpha value is -2.46. The second kappa shape index (κ2) is 8.91. The number of likely N-dealkylation sites (tertiary alicyclic amines) is 1. The first-order chi connectivity index (χ1) is 14.1. The Kier molecular flexibility index (Phi) is 6.10. The first-order valence-electron chi connectivity index (χ1n) is 10.8. The molecule has 2 heterocycles. The summed E-state index contributed by atoms with van der Waals surface area (Å²) in [5, 5.41) is 4.26. The Morgan fingerprint density at radius 3 is 2.45 bits per heavy atom. The van der Waals surface area contributed by atoms with Gasteiger partial charge in [-0.15, -0.1) is 0 Å². The first-order valence-corrected chi connectivity index (χ1v) is 10.8. The van der Waals surface area contributed by atoms with Gasteiger partial charge in [-0.3, -0.25) is 4.90 Å². The van der Waals surface area contributed by atoms with Gasteiger partial charge in [0.1, 0.15) is 0 Å². The number of hydrogen-bond acceptors (Lipinski definition) is 4. The van der Waals surface area contributed by atoms with E-state index < -0.39 is 0 Å². The number of nitrogens with zero attached hydrogens (tertiary/aromatic N) is 3. The highest BCUT2D eigenvalue weighted by atomic mass is 16.5. The van der Waals surface area contributed by atoms with Crippen LogP contribution in [-0.2, 0) is 13.0 Å². The lowest BCUT2D eigenvalue weighted by Crippen LogP contribution is -2.18. The highest BCUT2D eigenvalue weighted by Gasteiger charge is 2.18. The van der Waals surface area contributed by atoms with Crippen LogP contribution in [0, 0.1) is 5.92 Å². The monoisotopic (exact) mass is 389 g/mol. The molecule has 0 radical (unpaired) electrons. The van der Waals surface area contributed by atoms with Crippen molar-refractivity contribution in [1.82, 2.24) is 15.0 Å². The van der Waals surface area contributed by atoms with Crippen molar-refractivity contribution < 1.29 is 4.52 Å². The van der Waals surface area contributed by atoms with Crippen molar-refractivity contribution in [2.24, 2.45) is 5.92 Å². The Labute approximate surface area is 173 Å². The second-order valence-corrected chi connectivity index (χ2v) is 8.70. The molecule has 4 nitrogen and oxygen atoms in total. The van der Waals surface area contributed by atoms with E-state index in [2.05, 4.69) is 79.4 Å². The lowest BCUT2D eigenvalue weighted by atomic mass is 9.97. The predicted octanol–water partition coefficient (Wildman–Crippen LogP) is 5.68. The fourth-order valence-electron chi connectivity index (χ4n) is 4.09. The normalized spacial score (nSPS) is 15.9. The minimum atomic E-state index is 0.0807. The van der Waals surface area contributed by atoms with Crippen LogP contribution in [-0.4, -0.2) is 28.1 Å². The van der Waals surface area contributed by atoms with Crippen molar-refractivity contribution in [3.8, 4) is 11.4 Å². The van der Waals surface area contributed by atoms with Gasteiger partial charge >= 0.3 is 0 Å². The summed E-state index contributed by atoms with van der Waals surface area (Å²) in [5.41, 5.74) is 4.91. The molecule has 3 aromatic rings. The van der Waals surface area contributed by atoms with E-state index >= 15 is 0 Å². The zero-order valence-corrected chi connectivity index (χ0v) is 17.8. The summed E-state index contributed by atoms with van der Waals surface area (Å²) < 4.78 is 5.63. The van der Waals surface area contributed by atoms with Gasteiger partial charge in [-0.25, -0.2) is 0 Å². The number of hydrogen-bond donors (Lipinski definition) is 0. The summed E-state index contributed by atoms with van der Waals surface area (Å²) in [7, 11) is 0. The van der Waals surface area contributed by atoms with Gasteiger partial charge in [0.05, 0.1) is 5.92 Å². The van der Waals surface area contributed by atoms with Crippen LogP contribution < -0.4 is 0 Å². The molecule has 152 valence electrons. The van der Waals surface area contributed by atoms with Crippen LogP contribution >= 0.6 is 0 Å². The zero-order valence-electron chi connectivity index (χ0n) is 17.8. The summed E-state index contributed by atoms with van der Waals surface area (Å²) >= 11 is 0. The molecule has 0 bridgehead atoms. The van der Waals surface area contributed by atoms with Crippen molar-refractivity contribution in [3.63, 3.8) is 0 Å². The van der Waals surface area contributed by atoms with Gasteiger partial charge in [0.2, 0.25) is 11.7 Å². The minimum Gasteiger partial charge on any atom is -0.338 e. The summed E-state index contributed by atoms with van der Waals surface area (Å²) in [6, 6.07) is 17.3. The van der Waals surface area contributed by atoms with Gasteiger partial charge in [-0.05, 0) is 68.0 Å². The largest absolute Gasteiger partial charge is 0.338 e. The van der Waals surface area contributed by atoms with Crippen LogP contribution in [0.3, 0.4) is 0 Å². The van der Waals surface area contributed by atoms with Gasteiger partial charge in [0.15, 0.2) is 0 Å². The quantitative estimate of drug-likeness (QED) is 0.521. The molecule has 0 amide bonds. The Morgan fingerprint density at radius 1 is 0.966 bits per heavy atom. The maximum absolute atomic E-state index is 5.63. The summed E-state index contributed by atoms with van der Waals surface area (Å²) in [4.78, 5) is 7.21. The molecule has 0 spiro atoms. The van der Waals surface area contributed by atoms with Crippen molar-refractivity contribution in [3.05, 3.63) is 71.1 Å². The number of benzene rings is 2. The Bertz CT molecular complexity index is 923. The maximum Gasteiger partial charge on any atom is 0.234 e. The molecule has 1 fully saturated rings. The standard InChI is InChI=1S/C25H31N3O/c1-18(2)15-20-9-11-22(12-10-20)19(3)25-26-24(27-29-25)23-8-6-7-21(16-23)17-28-13-4-5-14-28/h6-12,16,18-19H,4-5,13-15,17H2,1-3H3. The van der Waals surface area contributed by atoms with E-state index in [9.17, 15) is 0 Å². The number of rotatable bonds is 7. The smallest absolute Gasteiger partial charge is 0.234 e. The molecular weight excluding hydrogens is 358 g/mol. The Morgan fingerprint density at radius 2 is 1.72 bits per heavy atom. The average molecular weight is 390 g/mol. The third kappa shape index (κ3) is 4.94. The summed E-state index contributed by atoms with van der Waals surface area (Å²) in [5.74, 6) is 2.09. The fraction of sp³-hybridized carbons (Fsp3) is 0.440. The molecule has 29 heavy (non-hydrogen) atoms. The molecule has 1 saturated heterocycles. The fourth-order valence-corrected chi connectivity index (χ4v) is 4.09. The lowest BCUT2D eigenvalue weighted by molar-refractivity contribution is 0.331. The van der Waals surface area contributed by atoms with Crippen molar-refractivity contribution in [2.45, 2.75) is 52.5 Å². The van der Waals surface area contributed by atoms with Crippen LogP contribution in [0.1, 0.15) is 62.1 Å². The molecule has 1 aliphatic heterocycles. The highest BCUT2D eigenvalue weighted by Crippen LogP contribution is 2.26. The molecule has 0 aliphatic carbocycles. The third-order valence-corrected chi connectivity index (χ3v) is 5.73. The van der Waals surface area contributed by atoms with Crippen LogP contribution in [0.4, 0.5) is 0 Å². The lowest BCUT2D eigenvalue weighted by Gasteiger charge is -2.14. The molecule has 4 heteroatoms. The summed E-state index contributed by atoms with van der Waals surface area (Å²) in [6.45, 7) is 10.0. The van der Waals surface area contributed by atoms with Crippen molar-refractivity contribution in [1.29, 1.82) is 0 Å². The highest BCUT2D eigenvalue weighted by molar-refractivity contribution is 5.55. The van der Waals surface area contributed by atoms with E-state index in [1.54, 1.807) is 0 Å². The van der Waals surface area contributed by atoms with E-state index in [4.69, 9.17) is 9.51 Å². The van der Waals surface area contributed by atoms with Gasteiger partial charge in [-0.2, -0.15) is 4.98 Å². The molecule has 2 aromatic carbocycles. The van der Waals surface area contributed by atoms with E-state index in [0.717, 1.165) is 18.5 Å². The van der Waals surface area contributed by atoms with E-state index in [1.807, 2.05) is 0 Å². The predicted molar refractivity (Wildman–Crippen MR) is 117 cm³/mol. The van der Waals surface area contributed by atoms with Crippen molar-refractivity contribution >= 4 is 0 Å². The molecule has 1 aromatic heterocycles. The van der Waals surface area contributed by atoms with E-state index in [0.29, 0.717) is 17.6 Å². The average Bonchev–Trinajstić information content (AvgIpc) is 3.40. The SMILES string of the molecule is CC(C)Cc1ccc(C(C)c2nc(-c3cccc(CN4CCCC4)c3)no2)cc1. The molecular formula is C25H31N3O. The van der Waals surface area contributed by atoms with E-state index in [-0.39, 0.29) is 5.92 Å². The maximum atomic E-state index is 5.63. The third-order valence-electron chi connectivity index (χ3n) is 5.73. The van der Waals surface area contributed by atoms with Gasteiger partial charge in [0, 0.05) is 12.1 Å². The van der Waals surface area contributed by atoms with Gasteiger partial charge < -0.3 is 4.52 Å². The molecule has 1 atom stereocenters. The van der Waals surface area contributed by atoms with Crippen LogP contribution in [0.25, 0.3) is 11.4 Å². The number of aromatic nitrogens is 2. The molecule has 4 rings (SSSR count). The minimum absolute atomic E-state index is 0.0807. The molecule has 0 N–H and O–H groups in total. The molecule has 0 saturated carbocycles. The van der Waals surface area contributed by atoms with Gasteiger partial charge in [0.25, 0.3) is 0 Å². The van der Waals surface area contributed by atoms with Crippen molar-refractivity contribution in [2.75, 3.05) is 13.1 Å².